The monoisotopic (exact) mass is 330 g/mol. The number of carbonyl (C=O) groups excluding carboxylic acids is 1. The largest absolute Gasteiger partial charge is 0.378 e. The van der Waals surface area contributed by atoms with Crippen molar-refractivity contribution in [2.45, 2.75) is 0 Å². The van der Waals surface area contributed by atoms with Crippen LogP contribution in [0.25, 0.3) is 0 Å². The first-order valence-corrected chi connectivity index (χ1v) is 7.51. The molecule has 0 aliphatic rings. The van der Waals surface area contributed by atoms with E-state index in [1.54, 1.807) is 18.3 Å². The molecule has 23 heavy (non-hydrogen) atoms. The van der Waals surface area contributed by atoms with E-state index in [0.29, 0.717) is 5.02 Å². The number of hydrogen-bond donors (Lipinski definition) is 2. The molecule has 2 rings (SSSR count). The van der Waals surface area contributed by atoms with E-state index < -0.39 is 0 Å². The molecule has 0 unspecified atom stereocenters. The highest BCUT2D eigenvalue weighted by molar-refractivity contribution is 6.30. The second-order valence-electron chi connectivity index (χ2n) is 5.14. The predicted molar refractivity (Wildman–Crippen MR) is 96.4 cm³/mol. The molecule has 2 aromatic rings. The van der Waals surface area contributed by atoms with Crippen molar-refractivity contribution in [1.29, 1.82) is 0 Å². The van der Waals surface area contributed by atoms with Gasteiger partial charge >= 0.3 is 0 Å². The second kappa shape index (κ2) is 8.19. The Balaban J connectivity index is 1.78. The second-order valence-corrected chi connectivity index (χ2v) is 5.58. The molecule has 6 heteroatoms. The molecule has 0 heterocycles. The molecule has 0 spiro atoms. The van der Waals surface area contributed by atoms with Gasteiger partial charge in [-0.3, -0.25) is 4.79 Å². The Hall–Kier alpha value is -2.53. The summed E-state index contributed by atoms with van der Waals surface area (Å²) in [5.41, 5.74) is 5.34. The van der Waals surface area contributed by atoms with Crippen LogP contribution in [0.3, 0.4) is 0 Å². The molecule has 1 amide bonds. The van der Waals surface area contributed by atoms with Gasteiger partial charge in [-0.2, -0.15) is 5.10 Å². The number of anilines is 2. The van der Waals surface area contributed by atoms with Gasteiger partial charge in [-0.15, -0.1) is 0 Å². The highest BCUT2D eigenvalue weighted by atomic mass is 35.5. The minimum atomic E-state index is -0.221. The Bertz CT molecular complexity index is 666. The number of hydrogen-bond acceptors (Lipinski definition) is 4. The van der Waals surface area contributed by atoms with Crippen molar-refractivity contribution in [2.24, 2.45) is 5.10 Å². The quantitative estimate of drug-likeness (QED) is 0.632. The minimum Gasteiger partial charge on any atom is -0.378 e. The summed E-state index contributed by atoms with van der Waals surface area (Å²) in [6, 6.07) is 15.0. The summed E-state index contributed by atoms with van der Waals surface area (Å²) >= 11 is 5.80. The molecule has 2 N–H and O–H groups in total. The highest BCUT2D eigenvalue weighted by Crippen LogP contribution is 2.13. The van der Waals surface area contributed by atoms with Crippen molar-refractivity contribution in [3.05, 3.63) is 59.1 Å². The Labute approximate surface area is 141 Å². The fraction of sp³-hybridized carbons (Fsp3) is 0.176. The average Bonchev–Trinajstić information content (AvgIpc) is 2.55. The van der Waals surface area contributed by atoms with Crippen molar-refractivity contribution < 1.29 is 4.79 Å². The average molecular weight is 331 g/mol. The van der Waals surface area contributed by atoms with Crippen LogP contribution in [0.2, 0.25) is 5.02 Å². The summed E-state index contributed by atoms with van der Waals surface area (Å²) in [4.78, 5) is 13.7. The van der Waals surface area contributed by atoms with Crippen LogP contribution in [0, 0.1) is 0 Å². The lowest BCUT2D eigenvalue weighted by Gasteiger charge is -2.11. The maximum atomic E-state index is 11.7. The summed E-state index contributed by atoms with van der Waals surface area (Å²) < 4.78 is 0. The molecule has 2 aromatic carbocycles. The van der Waals surface area contributed by atoms with Gasteiger partial charge in [0, 0.05) is 30.5 Å². The van der Waals surface area contributed by atoms with Gasteiger partial charge in [0.15, 0.2) is 0 Å². The van der Waals surface area contributed by atoms with Gasteiger partial charge < -0.3 is 10.2 Å². The van der Waals surface area contributed by atoms with Gasteiger partial charge in [-0.25, -0.2) is 5.43 Å². The van der Waals surface area contributed by atoms with Crippen LogP contribution in [0.4, 0.5) is 11.4 Å². The van der Waals surface area contributed by atoms with Crippen LogP contribution >= 0.6 is 11.6 Å². The molecule has 0 fully saturated rings. The predicted octanol–water partition coefficient (Wildman–Crippen LogP) is 2.97. The third-order valence-electron chi connectivity index (χ3n) is 3.11. The number of rotatable bonds is 6. The number of nitrogens with one attached hydrogen (secondary N) is 2. The van der Waals surface area contributed by atoms with Gasteiger partial charge in [0.05, 0.1) is 12.8 Å². The molecule has 120 valence electrons. The minimum absolute atomic E-state index is 0.137. The van der Waals surface area contributed by atoms with Crippen molar-refractivity contribution >= 4 is 35.1 Å². The summed E-state index contributed by atoms with van der Waals surface area (Å²) in [5, 5.41) is 7.59. The fourth-order valence-corrected chi connectivity index (χ4v) is 1.95. The Kier molecular flexibility index (Phi) is 6.00. The molecule has 0 aliphatic carbocycles. The van der Waals surface area contributed by atoms with E-state index in [1.807, 2.05) is 55.4 Å². The van der Waals surface area contributed by atoms with Gasteiger partial charge in [-0.1, -0.05) is 23.7 Å². The van der Waals surface area contributed by atoms with Crippen molar-refractivity contribution in [3.63, 3.8) is 0 Å². The van der Waals surface area contributed by atoms with Gasteiger partial charge in [0.2, 0.25) is 0 Å². The number of amides is 1. The fourth-order valence-electron chi connectivity index (χ4n) is 1.83. The van der Waals surface area contributed by atoms with E-state index in [2.05, 4.69) is 15.8 Å². The van der Waals surface area contributed by atoms with Crippen LogP contribution in [-0.4, -0.2) is 32.8 Å². The molecule has 0 aliphatic heterocycles. The Morgan fingerprint density at radius 3 is 2.39 bits per heavy atom. The molecule has 0 aromatic heterocycles. The first-order chi connectivity index (χ1) is 11.0. The summed E-state index contributed by atoms with van der Waals surface area (Å²) in [6.07, 6.45) is 1.61. The molecule has 0 bridgehead atoms. The number of halogens is 1. The lowest BCUT2D eigenvalue weighted by atomic mass is 10.2. The van der Waals surface area contributed by atoms with Crippen molar-refractivity contribution in [1.82, 2.24) is 5.43 Å². The number of nitrogens with zero attached hydrogens (tertiary/aromatic N) is 2. The molecular weight excluding hydrogens is 312 g/mol. The maximum absolute atomic E-state index is 11.7. The van der Waals surface area contributed by atoms with Crippen LogP contribution in [0.15, 0.2) is 53.6 Å². The van der Waals surface area contributed by atoms with Crippen LogP contribution < -0.4 is 15.6 Å². The Morgan fingerprint density at radius 1 is 1.13 bits per heavy atom. The topological polar surface area (TPSA) is 56.7 Å². The maximum Gasteiger partial charge on any atom is 0.259 e. The molecule has 0 saturated heterocycles. The summed E-state index contributed by atoms with van der Waals surface area (Å²) in [5.74, 6) is -0.221. The molecular formula is C17H19ClN4O. The lowest BCUT2D eigenvalue weighted by Crippen LogP contribution is -2.25. The Morgan fingerprint density at radius 2 is 1.78 bits per heavy atom. The van der Waals surface area contributed by atoms with Gasteiger partial charge in [0.1, 0.15) is 0 Å². The van der Waals surface area contributed by atoms with Crippen LogP contribution in [-0.2, 0) is 4.79 Å². The van der Waals surface area contributed by atoms with Crippen molar-refractivity contribution in [3.8, 4) is 0 Å². The zero-order valence-corrected chi connectivity index (χ0v) is 13.8. The SMILES string of the molecule is CN(C)c1ccc(/C=N/NC(=O)CNc2ccc(Cl)cc2)cc1. The lowest BCUT2D eigenvalue weighted by molar-refractivity contribution is -0.119. The zero-order valence-electron chi connectivity index (χ0n) is 13.1. The molecule has 0 saturated carbocycles. The molecule has 0 radical (unpaired) electrons. The van der Waals surface area contributed by atoms with Gasteiger partial charge in [-0.05, 0) is 42.0 Å². The molecule has 5 nitrogen and oxygen atoms in total. The van der Waals surface area contributed by atoms with Crippen LogP contribution in [0.1, 0.15) is 5.56 Å². The van der Waals surface area contributed by atoms with E-state index in [4.69, 9.17) is 11.6 Å². The standard InChI is InChI=1S/C17H19ClN4O/c1-22(2)16-9-3-13(4-10-16)11-20-21-17(23)12-19-15-7-5-14(18)6-8-15/h3-11,19H,12H2,1-2H3,(H,21,23)/b20-11+. The number of hydrazone groups is 1. The summed E-state index contributed by atoms with van der Waals surface area (Å²) in [7, 11) is 3.97. The van der Waals surface area contributed by atoms with E-state index in [9.17, 15) is 4.79 Å². The third-order valence-corrected chi connectivity index (χ3v) is 3.36. The van der Waals surface area contributed by atoms with E-state index in [-0.39, 0.29) is 12.5 Å². The number of carbonyl (C=O) groups is 1. The smallest absolute Gasteiger partial charge is 0.259 e. The highest BCUT2D eigenvalue weighted by Gasteiger charge is 1.99. The normalized spacial score (nSPS) is 10.6. The number of benzene rings is 2. The van der Waals surface area contributed by atoms with E-state index in [1.165, 1.54) is 0 Å². The third kappa shape index (κ3) is 5.64. The van der Waals surface area contributed by atoms with Gasteiger partial charge in [0.25, 0.3) is 5.91 Å². The van der Waals surface area contributed by atoms with E-state index >= 15 is 0 Å². The van der Waals surface area contributed by atoms with Crippen molar-refractivity contribution in [2.75, 3.05) is 30.9 Å². The summed E-state index contributed by atoms with van der Waals surface area (Å²) in [6.45, 7) is 0.137. The van der Waals surface area contributed by atoms with E-state index in [0.717, 1.165) is 16.9 Å². The first-order valence-electron chi connectivity index (χ1n) is 7.13. The zero-order chi connectivity index (χ0) is 16.7. The van der Waals surface area contributed by atoms with Crippen LogP contribution in [0.5, 0.6) is 0 Å². The first kappa shape index (κ1) is 16.8. The molecule has 0 atom stereocenters.